The molecule has 0 bridgehead atoms. The minimum atomic E-state index is -0.468. The van der Waals surface area contributed by atoms with E-state index in [0.29, 0.717) is 39.0 Å². The van der Waals surface area contributed by atoms with Crippen molar-refractivity contribution in [1.82, 2.24) is 10.2 Å². The van der Waals surface area contributed by atoms with Gasteiger partial charge in [0.15, 0.2) is 0 Å². The molecule has 1 atom stereocenters. The van der Waals surface area contributed by atoms with Crippen LogP contribution in [0.2, 0.25) is 0 Å². The maximum Gasteiger partial charge on any atom is 0.242 e. The van der Waals surface area contributed by atoms with E-state index in [-0.39, 0.29) is 11.8 Å². The van der Waals surface area contributed by atoms with Crippen LogP contribution in [-0.2, 0) is 16.1 Å². The zero-order chi connectivity index (χ0) is 20.9. The molecule has 0 aliphatic carbocycles. The molecule has 2 rings (SSSR count). The van der Waals surface area contributed by atoms with Crippen LogP contribution >= 0.6 is 0 Å². The minimum Gasteiger partial charge on any atom is -0.494 e. The highest BCUT2D eigenvalue weighted by Crippen LogP contribution is 2.15. The van der Waals surface area contributed by atoms with E-state index in [0.717, 1.165) is 17.7 Å². The van der Waals surface area contributed by atoms with Crippen LogP contribution in [0.3, 0.4) is 0 Å². The molecule has 2 amide bonds. The number of benzene rings is 2. The fourth-order valence-corrected chi connectivity index (χ4v) is 3.14. The van der Waals surface area contributed by atoms with Gasteiger partial charge in [-0.05, 0) is 37.0 Å². The summed E-state index contributed by atoms with van der Waals surface area (Å²) < 4.78 is 5.69. The molecular weight excluding hydrogens is 364 g/mol. The van der Waals surface area contributed by atoms with Crippen molar-refractivity contribution in [3.8, 4) is 5.75 Å². The zero-order valence-corrected chi connectivity index (χ0v) is 17.5. The number of carbonyl (C=O) groups is 2. The van der Waals surface area contributed by atoms with Gasteiger partial charge in [-0.2, -0.15) is 0 Å². The molecule has 29 heavy (non-hydrogen) atoms. The Kier molecular flexibility index (Phi) is 9.76. The molecule has 5 heteroatoms. The molecular formula is C24H32N2O3. The third kappa shape index (κ3) is 7.60. The lowest BCUT2D eigenvalue weighted by Gasteiger charge is -2.30. The second-order valence-electron chi connectivity index (χ2n) is 6.99. The molecule has 2 aromatic carbocycles. The molecule has 156 valence electrons. The maximum absolute atomic E-state index is 13.0. The summed E-state index contributed by atoms with van der Waals surface area (Å²) in [5.74, 6) is 0.689. The van der Waals surface area contributed by atoms with Crippen molar-refractivity contribution in [3.05, 3.63) is 66.2 Å². The van der Waals surface area contributed by atoms with Gasteiger partial charge in [-0.25, -0.2) is 0 Å². The first kappa shape index (κ1) is 22.5. The van der Waals surface area contributed by atoms with Gasteiger partial charge in [0.25, 0.3) is 0 Å². The summed E-state index contributed by atoms with van der Waals surface area (Å²) in [4.78, 5) is 27.4. The molecule has 0 saturated heterocycles. The van der Waals surface area contributed by atoms with Gasteiger partial charge in [-0.3, -0.25) is 9.59 Å². The monoisotopic (exact) mass is 396 g/mol. The van der Waals surface area contributed by atoms with Crippen LogP contribution in [0.1, 0.15) is 45.1 Å². The van der Waals surface area contributed by atoms with Crippen molar-refractivity contribution in [3.63, 3.8) is 0 Å². The third-order valence-electron chi connectivity index (χ3n) is 4.68. The molecule has 1 N–H and O–H groups in total. The molecule has 5 nitrogen and oxygen atoms in total. The molecule has 0 aliphatic heterocycles. The van der Waals surface area contributed by atoms with Gasteiger partial charge in [0.1, 0.15) is 11.8 Å². The van der Waals surface area contributed by atoms with Gasteiger partial charge in [0.2, 0.25) is 11.8 Å². The number of nitrogens with zero attached hydrogens (tertiary/aromatic N) is 1. The molecule has 0 aromatic heterocycles. The van der Waals surface area contributed by atoms with E-state index in [4.69, 9.17) is 4.74 Å². The number of rotatable bonds is 12. The van der Waals surface area contributed by atoms with Crippen LogP contribution in [0.4, 0.5) is 0 Å². The van der Waals surface area contributed by atoms with Crippen LogP contribution in [0.5, 0.6) is 5.75 Å². The Morgan fingerprint density at radius 3 is 2.28 bits per heavy atom. The van der Waals surface area contributed by atoms with E-state index >= 15 is 0 Å². The van der Waals surface area contributed by atoms with E-state index in [1.54, 1.807) is 4.90 Å². The average molecular weight is 397 g/mol. The first-order valence-corrected chi connectivity index (χ1v) is 10.4. The van der Waals surface area contributed by atoms with Crippen LogP contribution in [0, 0.1) is 0 Å². The van der Waals surface area contributed by atoms with Crippen LogP contribution < -0.4 is 10.1 Å². The summed E-state index contributed by atoms with van der Waals surface area (Å²) in [6.07, 6.45) is 2.39. The number of para-hydroxylation sites is 1. The average Bonchev–Trinajstić information content (AvgIpc) is 2.76. The Labute approximate surface area is 174 Å². The van der Waals surface area contributed by atoms with Crippen molar-refractivity contribution in [2.75, 3.05) is 13.2 Å². The van der Waals surface area contributed by atoms with Gasteiger partial charge in [-0.1, -0.05) is 62.4 Å². The predicted octanol–water partition coefficient (Wildman–Crippen LogP) is 4.18. The Morgan fingerprint density at radius 1 is 1.00 bits per heavy atom. The molecule has 0 heterocycles. The maximum atomic E-state index is 13.0. The summed E-state index contributed by atoms with van der Waals surface area (Å²) >= 11 is 0. The normalized spacial score (nSPS) is 11.5. The highest BCUT2D eigenvalue weighted by atomic mass is 16.5. The molecule has 0 spiro atoms. The lowest BCUT2D eigenvalue weighted by Crippen LogP contribution is -2.49. The molecule has 0 radical (unpaired) electrons. The minimum absolute atomic E-state index is 0.0241. The summed E-state index contributed by atoms with van der Waals surface area (Å²) in [6, 6.07) is 18.9. The third-order valence-corrected chi connectivity index (χ3v) is 4.68. The van der Waals surface area contributed by atoms with E-state index < -0.39 is 6.04 Å². The quantitative estimate of drug-likeness (QED) is 0.548. The first-order chi connectivity index (χ1) is 14.2. The fraction of sp³-hybridized carbons (Fsp3) is 0.417. The Balaban J connectivity index is 2.00. The topological polar surface area (TPSA) is 58.6 Å². The van der Waals surface area contributed by atoms with Gasteiger partial charge in [0.05, 0.1) is 6.61 Å². The number of ether oxygens (including phenoxy) is 1. The van der Waals surface area contributed by atoms with Crippen LogP contribution in [0.15, 0.2) is 60.7 Å². The van der Waals surface area contributed by atoms with Gasteiger partial charge >= 0.3 is 0 Å². The van der Waals surface area contributed by atoms with Crippen LogP contribution in [-0.4, -0.2) is 35.9 Å². The van der Waals surface area contributed by atoms with Crippen molar-refractivity contribution < 1.29 is 14.3 Å². The van der Waals surface area contributed by atoms with Crippen molar-refractivity contribution in [2.24, 2.45) is 0 Å². The van der Waals surface area contributed by atoms with Crippen molar-refractivity contribution in [1.29, 1.82) is 0 Å². The van der Waals surface area contributed by atoms with Crippen molar-refractivity contribution >= 4 is 11.8 Å². The number of carbonyl (C=O) groups excluding carboxylic acids is 2. The smallest absolute Gasteiger partial charge is 0.242 e. The molecule has 0 saturated carbocycles. The first-order valence-electron chi connectivity index (χ1n) is 10.4. The summed E-state index contributed by atoms with van der Waals surface area (Å²) in [7, 11) is 0. The molecule has 0 fully saturated rings. The molecule has 1 unspecified atom stereocenters. The van der Waals surface area contributed by atoms with Gasteiger partial charge < -0.3 is 15.0 Å². The van der Waals surface area contributed by atoms with E-state index in [2.05, 4.69) is 5.32 Å². The van der Waals surface area contributed by atoms with Gasteiger partial charge in [-0.15, -0.1) is 0 Å². The second kappa shape index (κ2) is 12.6. The Bertz CT molecular complexity index is 734. The number of amides is 2. The van der Waals surface area contributed by atoms with Crippen molar-refractivity contribution in [2.45, 2.75) is 52.1 Å². The standard InChI is InChI=1S/C24H32N2O3/c1-3-17-25-24(28)22(4-2)26(19-20-12-7-5-8-13-20)23(27)16-11-18-29-21-14-9-6-10-15-21/h5-10,12-15,22H,3-4,11,16-19H2,1-2H3,(H,25,28). The lowest BCUT2D eigenvalue weighted by molar-refractivity contribution is -0.141. The molecule has 0 aliphatic rings. The summed E-state index contributed by atoms with van der Waals surface area (Å²) in [6.45, 7) is 5.47. The van der Waals surface area contributed by atoms with E-state index in [9.17, 15) is 9.59 Å². The summed E-state index contributed by atoms with van der Waals surface area (Å²) in [5, 5.41) is 2.94. The highest BCUT2D eigenvalue weighted by molar-refractivity contribution is 5.87. The van der Waals surface area contributed by atoms with E-state index in [1.165, 1.54) is 0 Å². The Morgan fingerprint density at radius 2 is 1.66 bits per heavy atom. The zero-order valence-electron chi connectivity index (χ0n) is 17.5. The largest absolute Gasteiger partial charge is 0.494 e. The SMILES string of the molecule is CCCNC(=O)C(CC)N(Cc1ccccc1)C(=O)CCCOc1ccccc1. The second-order valence-corrected chi connectivity index (χ2v) is 6.99. The lowest BCUT2D eigenvalue weighted by atomic mass is 10.1. The summed E-state index contributed by atoms with van der Waals surface area (Å²) in [5.41, 5.74) is 1.02. The molecule has 2 aromatic rings. The highest BCUT2D eigenvalue weighted by Gasteiger charge is 2.28. The van der Waals surface area contributed by atoms with E-state index in [1.807, 2.05) is 74.5 Å². The number of nitrogens with one attached hydrogen (secondary N) is 1. The van der Waals surface area contributed by atoms with Gasteiger partial charge in [0, 0.05) is 19.5 Å². The predicted molar refractivity (Wildman–Crippen MR) is 116 cm³/mol. The fourth-order valence-electron chi connectivity index (χ4n) is 3.14. The van der Waals surface area contributed by atoms with Crippen LogP contribution in [0.25, 0.3) is 0 Å². The Hall–Kier alpha value is -2.82. The number of hydrogen-bond acceptors (Lipinski definition) is 3. The number of hydrogen-bond donors (Lipinski definition) is 1.